The maximum atomic E-state index is 11.9. The molecule has 0 aromatic heterocycles. The highest BCUT2D eigenvalue weighted by molar-refractivity contribution is 5.77. The van der Waals surface area contributed by atoms with E-state index in [9.17, 15) is 4.79 Å². The second-order valence-corrected chi connectivity index (χ2v) is 5.69. The molecule has 118 valence electrons. The number of ether oxygens (including phenoxy) is 1. The summed E-state index contributed by atoms with van der Waals surface area (Å²) in [5.74, 6) is 0.923. The Morgan fingerprint density at radius 1 is 1.14 bits per heavy atom. The van der Waals surface area contributed by atoms with Crippen molar-refractivity contribution in [2.75, 3.05) is 6.54 Å². The van der Waals surface area contributed by atoms with Crippen LogP contribution in [0.15, 0.2) is 24.3 Å². The molecule has 21 heavy (non-hydrogen) atoms. The molecule has 0 spiro atoms. The third-order valence-electron chi connectivity index (χ3n) is 3.17. The van der Waals surface area contributed by atoms with Gasteiger partial charge in [0.1, 0.15) is 5.75 Å². The summed E-state index contributed by atoms with van der Waals surface area (Å²) < 4.78 is 5.61. The average Bonchev–Trinajstić information content (AvgIpc) is 2.38. The van der Waals surface area contributed by atoms with E-state index in [1.807, 2.05) is 58.9 Å². The largest absolute Gasteiger partial charge is 0.491 e. The fourth-order valence-corrected chi connectivity index (χ4v) is 2.19. The van der Waals surface area contributed by atoms with Crippen molar-refractivity contribution in [1.29, 1.82) is 0 Å². The molecule has 0 aliphatic rings. The lowest BCUT2D eigenvalue weighted by Crippen LogP contribution is -2.34. The van der Waals surface area contributed by atoms with Crippen molar-refractivity contribution in [2.24, 2.45) is 0 Å². The van der Waals surface area contributed by atoms with Crippen molar-refractivity contribution in [3.63, 3.8) is 0 Å². The van der Waals surface area contributed by atoms with Crippen molar-refractivity contribution in [3.05, 3.63) is 29.8 Å². The van der Waals surface area contributed by atoms with Crippen LogP contribution in [-0.4, -0.2) is 24.6 Å². The van der Waals surface area contributed by atoms with Gasteiger partial charge in [0.15, 0.2) is 0 Å². The molecule has 0 aliphatic carbocycles. The van der Waals surface area contributed by atoms with E-state index in [1.165, 1.54) is 0 Å². The van der Waals surface area contributed by atoms with E-state index in [2.05, 4.69) is 10.6 Å². The molecule has 4 nitrogen and oxygen atoms in total. The Balaban J connectivity index is 2.51. The predicted molar refractivity (Wildman–Crippen MR) is 86.5 cm³/mol. The maximum absolute atomic E-state index is 11.9. The van der Waals surface area contributed by atoms with Gasteiger partial charge in [-0.1, -0.05) is 19.1 Å². The number of hydrogen-bond acceptors (Lipinski definition) is 3. The number of amides is 1. The first-order valence-corrected chi connectivity index (χ1v) is 7.71. The van der Waals surface area contributed by atoms with Gasteiger partial charge in [0.05, 0.1) is 12.1 Å². The smallest absolute Gasteiger partial charge is 0.222 e. The Kier molecular flexibility index (Phi) is 7.23. The van der Waals surface area contributed by atoms with Gasteiger partial charge < -0.3 is 15.4 Å². The minimum absolute atomic E-state index is 0.000531. The summed E-state index contributed by atoms with van der Waals surface area (Å²) >= 11 is 0. The lowest BCUT2D eigenvalue weighted by Gasteiger charge is -2.17. The van der Waals surface area contributed by atoms with E-state index in [1.54, 1.807) is 0 Å². The Labute approximate surface area is 128 Å². The summed E-state index contributed by atoms with van der Waals surface area (Å²) in [5.41, 5.74) is 1.08. The van der Waals surface area contributed by atoms with Crippen LogP contribution in [0.4, 0.5) is 0 Å². The number of hydrogen-bond donors (Lipinski definition) is 2. The zero-order valence-electron chi connectivity index (χ0n) is 13.8. The summed E-state index contributed by atoms with van der Waals surface area (Å²) in [5, 5.41) is 6.26. The second kappa shape index (κ2) is 8.67. The second-order valence-electron chi connectivity index (χ2n) is 5.69. The Hall–Kier alpha value is -1.55. The molecule has 4 heteroatoms. The molecule has 0 bridgehead atoms. The van der Waals surface area contributed by atoms with Crippen molar-refractivity contribution < 1.29 is 9.53 Å². The molecule has 2 unspecified atom stereocenters. The minimum Gasteiger partial charge on any atom is -0.491 e. The predicted octanol–water partition coefficient (Wildman–Crippen LogP) is 3.04. The maximum Gasteiger partial charge on any atom is 0.222 e. The standard InChI is InChI=1S/C17H28N2O2/c1-6-18-13(4)11-17(20)19-14(5)15-7-9-16(10-8-15)21-12(2)3/h7-10,12-14,18H,6,11H2,1-5H3,(H,19,20). The Morgan fingerprint density at radius 2 is 1.76 bits per heavy atom. The molecule has 1 aromatic carbocycles. The van der Waals surface area contributed by atoms with Crippen LogP contribution in [0.5, 0.6) is 5.75 Å². The normalized spacial score (nSPS) is 13.8. The van der Waals surface area contributed by atoms with Gasteiger partial charge in [0, 0.05) is 12.5 Å². The molecule has 2 N–H and O–H groups in total. The summed E-state index contributed by atoms with van der Waals surface area (Å²) in [6.45, 7) is 10.9. The van der Waals surface area contributed by atoms with Crippen molar-refractivity contribution in [3.8, 4) is 5.75 Å². The first-order valence-electron chi connectivity index (χ1n) is 7.71. The van der Waals surface area contributed by atoms with Crippen LogP contribution in [0, 0.1) is 0 Å². The molecular formula is C17H28N2O2. The van der Waals surface area contributed by atoms with Gasteiger partial charge in [-0.2, -0.15) is 0 Å². The van der Waals surface area contributed by atoms with Crippen LogP contribution in [0.2, 0.25) is 0 Å². The highest BCUT2D eigenvalue weighted by Gasteiger charge is 2.12. The Bertz CT molecular complexity index is 429. The number of nitrogens with one attached hydrogen (secondary N) is 2. The first-order chi connectivity index (χ1) is 9.92. The SMILES string of the molecule is CCNC(C)CC(=O)NC(C)c1ccc(OC(C)C)cc1. The fraction of sp³-hybridized carbons (Fsp3) is 0.588. The molecule has 0 aliphatic heterocycles. The molecule has 0 saturated heterocycles. The van der Waals surface area contributed by atoms with E-state index >= 15 is 0 Å². The van der Waals surface area contributed by atoms with Gasteiger partial charge in [-0.05, 0) is 51.9 Å². The lowest BCUT2D eigenvalue weighted by molar-refractivity contribution is -0.122. The highest BCUT2D eigenvalue weighted by atomic mass is 16.5. The van der Waals surface area contributed by atoms with Crippen molar-refractivity contribution >= 4 is 5.91 Å². The van der Waals surface area contributed by atoms with E-state index in [0.29, 0.717) is 6.42 Å². The highest BCUT2D eigenvalue weighted by Crippen LogP contribution is 2.18. The van der Waals surface area contributed by atoms with Gasteiger partial charge >= 0.3 is 0 Å². The van der Waals surface area contributed by atoms with Gasteiger partial charge in [0.25, 0.3) is 0 Å². The molecule has 2 atom stereocenters. The van der Waals surface area contributed by atoms with Crippen LogP contribution in [0.25, 0.3) is 0 Å². The zero-order valence-corrected chi connectivity index (χ0v) is 13.8. The number of carbonyl (C=O) groups is 1. The summed E-state index contributed by atoms with van der Waals surface area (Å²) in [6.07, 6.45) is 0.660. The third-order valence-corrected chi connectivity index (χ3v) is 3.17. The molecular weight excluding hydrogens is 264 g/mol. The van der Waals surface area contributed by atoms with E-state index < -0.39 is 0 Å². The minimum atomic E-state index is -0.000531. The van der Waals surface area contributed by atoms with Crippen molar-refractivity contribution in [2.45, 2.75) is 59.2 Å². The molecule has 0 fully saturated rings. The fourth-order valence-electron chi connectivity index (χ4n) is 2.19. The van der Waals surface area contributed by atoms with Crippen LogP contribution in [0.1, 0.15) is 52.6 Å². The molecule has 1 rings (SSSR count). The number of benzene rings is 1. The van der Waals surface area contributed by atoms with Gasteiger partial charge in [-0.3, -0.25) is 4.79 Å². The number of rotatable bonds is 8. The van der Waals surface area contributed by atoms with Crippen molar-refractivity contribution in [1.82, 2.24) is 10.6 Å². The first kappa shape index (κ1) is 17.5. The topological polar surface area (TPSA) is 50.4 Å². The summed E-state index contributed by atoms with van der Waals surface area (Å²) in [7, 11) is 0. The Morgan fingerprint density at radius 3 is 2.29 bits per heavy atom. The zero-order chi connectivity index (χ0) is 15.8. The summed E-state index contributed by atoms with van der Waals surface area (Å²) in [6, 6.07) is 8.08. The van der Waals surface area contributed by atoms with E-state index in [0.717, 1.165) is 17.9 Å². The molecule has 1 aromatic rings. The molecule has 0 heterocycles. The monoisotopic (exact) mass is 292 g/mol. The third kappa shape index (κ3) is 6.63. The van der Waals surface area contributed by atoms with Gasteiger partial charge in [-0.25, -0.2) is 0 Å². The lowest BCUT2D eigenvalue weighted by atomic mass is 10.1. The summed E-state index contributed by atoms with van der Waals surface area (Å²) in [4.78, 5) is 11.9. The number of carbonyl (C=O) groups excluding carboxylic acids is 1. The molecule has 0 saturated carbocycles. The van der Waals surface area contributed by atoms with Crippen LogP contribution in [-0.2, 0) is 4.79 Å². The average molecular weight is 292 g/mol. The molecule has 1 amide bonds. The van der Waals surface area contributed by atoms with Gasteiger partial charge in [0.2, 0.25) is 5.91 Å². The van der Waals surface area contributed by atoms with Crippen LogP contribution < -0.4 is 15.4 Å². The van der Waals surface area contributed by atoms with Crippen LogP contribution in [0.3, 0.4) is 0 Å². The van der Waals surface area contributed by atoms with Gasteiger partial charge in [-0.15, -0.1) is 0 Å². The van der Waals surface area contributed by atoms with Crippen LogP contribution >= 0.6 is 0 Å². The molecule has 0 radical (unpaired) electrons. The van der Waals surface area contributed by atoms with E-state index in [-0.39, 0.29) is 24.1 Å². The van der Waals surface area contributed by atoms with E-state index in [4.69, 9.17) is 4.74 Å². The quantitative estimate of drug-likeness (QED) is 0.774.